The molecule has 1 aliphatic carbocycles. The first-order valence-electron chi connectivity index (χ1n) is 8.46. The second kappa shape index (κ2) is 8.10. The highest BCUT2D eigenvalue weighted by atomic mass is 32.2. The first-order valence-corrected chi connectivity index (χ1v) is 11.0. The average molecular weight is 440 g/mol. The van der Waals surface area contributed by atoms with Crippen molar-refractivity contribution >= 4 is 50.6 Å². The predicted octanol–water partition coefficient (Wildman–Crippen LogP) is 4.63. The Hall–Kier alpha value is -2.11. The van der Waals surface area contributed by atoms with Gasteiger partial charge in [0.15, 0.2) is 21.1 Å². The van der Waals surface area contributed by atoms with Crippen molar-refractivity contribution in [2.24, 2.45) is 0 Å². The number of rotatable bonds is 7. The summed E-state index contributed by atoms with van der Waals surface area (Å²) in [5.41, 5.74) is 0.919. The van der Waals surface area contributed by atoms with E-state index >= 15 is 0 Å². The summed E-state index contributed by atoms with van der Waals surface area (Å²) in [4.78, 5) is 16.7. The van der Waals surface area contributed by atoms with E-state index in [2.05, 4.69) is 25.8 Å². The van der Waals surface area contributed by atoms with Crippen LogP contribution in [0.5, 0.6) is 0 Å². The van der Waals surface area contributed by atoms with Crippen LogP contribution in [0, 0.1) is 11.6 Å². The quantitative estimate of drug-likeness (QED) is 0.523. The summed E-state index contributed by atoms with van der Waals surface area (Å²) >= 11 is 3.97. The Kier molecular flexibility index (Phi) is 5.56. The molecule has 0 aliphatic heterocycles. The molecule has 1 saturated carbocycles. The lowest BCUT2D eigenvalue weighted by Gasteiger charge is -2.07. The molecule has 0 spiro atoms. The number of nitrogens with zero attached hydrogens (tertiary/aromatic N) is 3. The van der Waals surface area contributed by atoms with E-state index < -0.39 is 16.9 Å². The summed E-state index contributed by atoms with van der Waals surface area (Å²) in [7, 11) is 0. The Balaban J connectivity index is 1.35. The molecule has 11 heteroatoms. The van der Waals surface area contributed by atoms with Crippen molar-refractivity contribution in [1.82, 2.24) is 15.2 Å². The minimum atomic E-state index is -0.936. The molecule has 1 unspecified atom stereocenters. The number of carbonyl (C=O) groups excluding carboxylic acids is 1. The van der Waals surface area contributed by atoms with E-state index in [1.165, 1.54) is 40.5 Å². The van der Waals surface area contributed by atoms with Crippen LogP contribution in [0.4, 0.5) is 19.0 Å². The molecular formula is C17H15F2N5OS3. The Morgan fingerprint density at radius 2 is 2.07 bits per heavy atom. The van der Waals surface area contributed by atoms with Crippen LogP contribution in [0.3, 0.4) is 0 Å². The summed E-state index contributed by atoms with van der Waals surface area (Å²) in [6, 6.07) is 4.08. The van der Waals surface area contributed by atoms with Crippen LogP contribution >= 0.6 is 34.4 Å². The largest absolute Gasteiger partial charge is 0.357 e. The lowest BCUT2D eigenvalue weighted by molar-refractivity contribution is -0.115. The first-order chi connectivity index (χ1) is 13.5. The van der Waals surface area contributed by atoms with Crippen molar-refractivity contribution in [2.45, 2.75) is 35.4 Å². The lowest BCUT2D eigenvalue weighted by Crippen LogP contribution is -2.22. The lowest BCUT2D eigenvalue weighted by atomic mass is 10.2. The van der Waals surface area contributed by atoms with Gasteiger partial charge in [0.1, 0.15) is 0 Å². The van der Waals surface area contributed by atoms with E-state index in [-0.39, 0.29) is 5.91 Å². The molecule has 0 radical (unpaired) electrons. The highest BCUT2D eigenvalue weighted by Gasteiger charge is 2.23. The van der Waals surface area contributed by atoms with Gasteiger partial charge in [0, 0.05) is 17.0 Å². The summed E-state index contributed by atoms with van der Waals surface area (Å²) in [5.74, 6) is -2.07. The number of amides is 1. The number of nitrogens with one attached hydrogen (secondary N) is 2. The SMILES string of the molecule is CC(Sc1nnc(NC2CC2)s1)C(=O)Nc1nc(-c2ccc(F)c(F)c2)cs1. The predicted molar refractivity (Wildman–Crippen MR) is 108 cm³/mol. The standard InChI is InChI=1S/C17H15F2N5OS3/c1-8(27-17-24-23-16(28-17)20-10-3-4-10)14(25)22-15-21-13(7-26-15)9-2-5-11(18)12(19)6-9/h2,5-8,10H,3-4H2,1H3,(H,20,23)(H,21,22,25). The zero-order chi connectivity index (χ0) is 19.7. The minimum absolute atomic E-state index is 0.219. The summed E-state index contributed by atoms with van der Waals surface area (Å²) in [6.07, 6.45) is 2.31. The summed E-state index contributed by atoms with van der Waals surface area (Å²) in [6.45, 7) is 1.78. The number of carbonyl (C=O) groups is 1. The number of halogens is 2. The molecular weight excluding hydrogens is 424 g/mol. The van der Waals surface area contributed by atoms with Crippen LogP contribution in [-0.4, -0.2) is 32.4 Å². The molecule has 1 aromatic carbocycles. The van der Waals surface area contributed by atoms with Gasteiger partial charge in [-0.15, -0.1) is 21.5 Å². The van der Waals surface area contributed by atoms with Gasteiger partial charge in [-0.3, -0.25) is 4.79 Å². The molecule has 3 aromatic rings. The molecule has 146 valence electrons. The number of thiazole rings is 1. The molecule has 0 saturated heterocycles. The Bertz CT molecular complexity index is 1000. The van der Waals surface area contributed by atoms with Crippen LogP contribution < -0.4 is 10.6 Å². The monoisotopic (exact) mass is 439 g/mol. The van der Waals surface area contributed by atoms with Gasteiger partial charge in [0.05, 0.1) is 10.9 Å². The normalized spacial score (nSPS) is 14.7. The number of hydrogen-bond acceptors (Lipinski definition) is 8. The van der Waals surface area contributed by atoms with E-state index in [1.807, 2.05) is 0 Å². The molecule has 1 atom stereocenters. The van der Waals surface area contributed by atoms with Gasteiger partial charge in [-0.1, -0.05) is 23.1 Å². The molecule has 2 heterocycles. The zero-order valence-corrected chi connectivity index (χ0v) is 17.1. The van der Waals surface area contributed by atoms with Gasteiger partial charge in [0.25, 0.3) is 0 Å². The van der Waals surface area contributed by atoms with Crippen molar-refractivity contribution in [1.29, 1.82) is 0 Å². The molecule has 6 nitrogen and oxygen atoms in total. The number of thioether (sulfide) groups is 1. The molecule has 28 heavy (non-hydrogen) atoms. The smallest absolute Gasteiger partial charge is 0.239 e. The van der Waals surface area contributed by atoms with E-state index in [1.54, 1.807) is 12.3 Å². The molecule has 2 aromatic heterocycles. The van der Waals surface area contributed by atoms with Gasteiger partial charge in [0.2, 0.25) is 11.0 Å². The average Bonchev–Trinajstić information content (AvgIpc) is 3.17. The van der Waals surface area contributed by atoms with Crippen LogP contribution in [0.2, 0.25) is 0 Å². The van der Waals surface area contributed by atoms with Gasteiger partial charge >= 0.3 is 0 Å². The number of aromatic nitrogens is 3. The zero-order valence-electron chi connectivity index (χ0n) is 14.6. The van der Waals surface area contributed by atoms with E-state index in [0.29, 0.717) is 26.8 Å². The fraction of sp³-hybridized carbons (Fsp3) is 0.294. The highest BCUT2D eigenvalue weighted by molar-refractivity contribution is 8.02. The number of hydrogen-bond donors (Lipinski definition) is 2. The van der Waals surface area contributed by atoms with Crippen molar-refractivity contribution in [2.75, 3.05) is 10.6 Å². The topological polar surface area (TPSA) is 79.8 Å². The van der Waals surface area contributed by atoms with Crippen molar-refractivity contribution in [3.8, 4) is 11.3 Å². The van der Waals surface area contributed by atoms with E-state index in [0.717, 1.165) is 30.1 Å². The third-order valence-corrected chi connectivity index (χ3v) is 6.70. The maximum atomic E-state index is 13.4. The van der Waals surface area contributed by atoms with Gasteiger partial charge in [-0.05, 0) is 38.0 Å². The van der Waals surface area contributed by atoms with Gasteiger partial charge < -0.3 is 10.6 Å². The van der Waals surface area contributed by atoms with Gasteiger partial charge in [-0.2, -0.15) is 0 Å². The Labute approximate surface area is 171 Å². The molecule has 0 bridgehead atoms. The van der Waals surface area contributed by atoms with Crippen LogP contribution in [0.1, 0.15) is 19.8 Å². The first kappa shape index (κ1) is 19.2. The maximum Gasteiger partial charge on any atom is 0.239 e. The second-order valence-corrected chi connectivity index (χ2v) is 9.63. The van der Waals surface area contributed by atoms with Crippen LogP contribution in [0.25, 0.3) is 11.3 Å². The van der Waals surface area contributed by atoms with Crippen LogP contribution in [-0.2, 0) is 4.79 Å². The van der Waals surface area contributed by atoms with Crippen LogP contribution in [0.15, 0.2) is 27.9 Å². The maximum absolute atomic E-state index is 13.4. The molecule has 2 N–H and O–H groups in total. The molecule has 4 rings (SSSR count). The molecule has 1 amide bonds. The third kappa shape index (κ3) is 4.65. The van der Waals surface area contributed by atoms with Crippen molar-refractivity contribution in [3.63, 3.8) is 0 Å². The van der Waals surface area contributed by atoms with Crippen molar-refractivity contribution < 1.29 is 13.6 Å². The Morgan fingerprint density at radius 1 is 1.25 bits per heavy atom. The minimum Gasteiger partial charge on any atom is -0.357 e. The number of benzene rings is 1. The fourth-order valence-electron chi connectivity index (χ4n) is 2.25. The highest BCUT2D eigenvalue weighted by Crippen LogP contribution is 2.33. The Morgan fingerprint density at radius 3 is 2.82 bits per heavy atom. The summed E-state index contributed by atoms with van der Waals surface area (Å²) in [5, 5.41) is 16.7. The van der Waals surface area contributed by atoms with Crippen molar-refractivity contribution in [3.05, 3.63) is 35.2 Å². The van der Waals surface area contributed by atoms with Gasteiger partial charge in [-0.25, -0.2) is 13.8 Å². The van der Waals surface area contributed by atoms with E-state index in [9.17, 15) is 13.6 Å². The third-order valence-electron chi connectivity index (χ3n) is 3.91. The fourth-order valence-corrected chi connectivity index (χ4v) is 4.94. The number of anilines is 2. The summed E-state index contributed by atoms with van der Waals surface area (Å²) < 4.78 is 27.2. The van der Waals surface area contributed by atoms with E-state index in [4.69, 9.17) is 0 Å². The molecule has 1 fully saturated rings. The molecule has 1 aliphatic rings. The second-order valence-electron chi connectivity index (χ2n) is 6.21.